The minimum Gasteiger partial charge on any atom is -0.362 e. The van der Waals surface area contributed by atoms with Crippen LogP contribution >= 0.6 is 0 Å². The number of carbonyl (C=O) groups excluding carboxylic acids is 1. The van der Waals surface area contributed by atoms with Crippen molar-refractivity contribution in [2.75, 3.05) is 36.2 Å². The van der Waals surface area contributed by atoms with Crippen molar-refractivity contribution in [1.29, 1.82) is 0 Å². The summed E-state index contributed by atoms with van der Waals surface area (Å²) >= 11 is 0. The van der Waals surface area contributed by atoms with Gasteiger partial charge in [0, 0.05) is 37.8 Å². The summed E-state index contributed by atoms with van der Waals surface area (Å²) in [4.78, 5) is 23.8. The molecule has 0 atom stereocenters. The van der Waals surface area contributed by atoms with E-state index in [4.69, 9.17) is 9.97 Å². The highest BCUT2D eigenvalue weighted by molar-refractivity contribution is 5.90. The van der Waals surface area contributed by atoms with Gasteiger partial charge in [0.2, 0.25) is 5.95 Å². The quantitative estimate of drug-likeness (QED) is 0.521. The normalized spacial score (nSPS) is 18.2. The Morgan fingerprint density at radius 2 is 1.72 bits per heavy atom. The number of para-hydroxylation sites is 2. The van der Waals surface area contributed by atoms with Crippen molar-refractivity contribution in [1.82, 2.24) is 15.3 Å². The SMILES string of the molecule is Cc1ccccc1NC(=O)NC[C@H]1CC[C@@H](Nc2nc(N(C)C)c3ccccc3n2)CC1. The molecular formula is C25H32N6O. The van der Waals surface area contributed by atoms with Gasteiger partial charge >= 0.3 is 6.03 Å². The predicted molar refractivity (Wildman–Crippen MR) is 131 cm³/mol. The second-order valence-corrected chi connectivity index (χ2v) is 8.79. The monoisotopic (exact) mass is 432 g/mol. The minimum atomic E-state index is -0.139. The van der Waals surface area contributed by atoms with Gasteiger partial charge in [-0.05, 0) is 62.3 Å². The van der Waals surface area contributed by atoms with Crippen molar-refractivity contribution in [3.63, 3.8) is 0 Å². The molecule has 168 valence electrons. The number of rotatable bonds is 6. The first-order valence-electron chi connectivity index (χ1n) is 11.3. The third kappa shape index (κ3) is 5.28. The van der Waals surface area contributed by atoms with Crippen molar-refractivity contribution < 1.29 is 4.79 Å². The van der Waals surface area contributed by atoms with Crippen LogP contribution in [0.2, 0.25) is 0 Å². The lowest BCUT2D eigenvalue weighted by molar-refractivity contribution is 0.246. The molecule has 0 aliphatic heterocycles. The number of aryl methyl sites for hydroxylation is 1. The summed E-state index contributed by atoms with van der Waals surface area (Å²) in [6, 6.07) is 16.1. The van der Waals surface area contributed by atoms with Crippen molar-refractivity contribution >= 4 is 34.4 Å². The van der Waals surface area contributed by atoms with Crippen LogP contribution in [0.3, 0.4) is 0 Å². The standard InChI is InChI=1S/C25H32N6O/c1-17-8-4-6-10-21(17)29-25(32)26-16-18-12-14-19(15-13-18)27-24-28-22-11-7-5-9-20(22)23(30-24)31(2)3/h4-11,18-19H,12-16H2,1-3H3,(H2,26,29,32)(H,27,28,30)/t18-,19+. The molecule has 3 N–H and O–H groups in total. The van der Waals surface area contributed by atoms with Crippen molar-refractivity contribution in [2.45, 2.75) is 38.6 Å². The van der Waals surface area contributed by atoms with Crippen LogP contribution in [0.25, 0.3) is 10.9 Å². The van der Waals surface area contributed by atoms with E-state index < -0.39 is 0 Å². The molecule has 2 amide bonds. The fourth-order valence-electron chi connectivity index (χ4n) is 4.28. The van der Waals surface area contributed by atoms with E-state index in [0.717, 1.165) is 53.7 Å². The average Bonchev–Trinajstić information content (AvgIpc) is 2.79. The van der Waals surface area contributed by atoms with Crippen LogP contribution in [-0.2, 0) is 0 Å². The molecule has 1 saturated carbocycles. The lowest BCUT2D eigenvalue weighted by Gasteiger charge is -2.29. The molecule has 0 bridgehead atoms. The maximum absolute atomic E-state index is 12.3. The minimum absolute atomic E-state index is 0.139. The van der Waals surface area contributed by atoms with Gasteiger partial charge in [-0.3, -0.25) is 0 Å². The van der Waals surface area contributed by atoms with Gasteiger partial charge in [-0.2, -0.15) is 4.98 Å². The fraction of sp³-hybridized carbons (Fsp3) is 0.400. The van der Waals surface area contributed by atoms with Crippen LogP contribution in [0.15, 0.2) is 48.5 Å². The van der Waals surface area contributed by atoms with E-state index >= 15 is 0 Å². The molecule has 0 unspecified atom stereocenters. The fourth-order valence-corrected chi connectivity index (χ4v) is 4.28. The zero-order valence-corrected chi connectivity index (χ0v) is 19.1. The van der Waals surface area contributed by atoms with Gasteiger partial charge in [-0.25, -0.2) is 9.78 Å². The van der Waals surface area contributed by atoms with E-state index in [0.29, 0.717) is 24.5 Å². The number of nitrogens with one attached hydrogen (secondary N) is 3. The van der Waals surface area contributed by atoms with Gasteiger partial charge in [-0.1, -0.05) is 30.3 Å². The topological polar surface area (TPSA) is 82.2 Å². The van der Waals surface area contributed by atoms with Gasteiger partial charge in [0.25, 0.3) is 0 Å². The summed E-state index contributed by atoms with van der Waals surface area (Å²) in [5.41, 5.74) is 2.86. The number of hydrogen-bond donors (Lipinski definition) is 3. The molecule has 0 saturated heterocycles. The molecule has 0 radical (unpaired) electrons. The highest BCUT2D eigenvalue weighted by Gasteiger charge is 2.22. The Bertz CT molecular complexity index is 1070. The summed E-state index contributed by atoms with van der Waals surface area (Å²) in [6.45, 7) is 2.69. The summed E-state index contributed by atoms with van der Waals surface area (Å²) < 4.78 is 0. The maximum atomic E-state index is 12.3. The van der Waals surface area contributed by atoms with Crippen LogP contribution in [0.5, 0.6) is 0 Å². The molecule has 4 rings (SSSR count). The number of aromatic nitrogens is 2. The van der Waals surface area contributed by atoms with Gasteiger partial charge in [0.1, 0.15) is 5.82 Å². The summed E-state index contributed by atoms with van der Waals surface area (Å²) in [5, 5.41) is 10.6. The molecule has 32 heavy (non-hydrogen) atoms. The van der Waals surface area contributed by atoms with Crippen LogP contribution in [0, 0.1) is 12.8 Å². The Morgan fingerprint density at radius 1 is 1.00 bits per heavy atom. The molecule has 1 heterocycles. The Balaban J connectivity index is 1.28. The van der Waals surface area contributed by atoms with Gasteiger partial charge < -0.3 is 20.9 Å². The largest absolute Gasteiger partial charge is 0.362 e. The van der Waals surface area contributed by atoms with E-state index in [1.807, 2.05) is 68.4 Å². The third-order valence-corrected chi connectivity index (χ3v) is 6.13. The average molecular weight is 433 g/mol. The molecule has 7 heteroatoms. The van der Waals surface area contributed by atoms with E-state index in [1.165, 1.54) is 0 Å². The molecule has 1 aromatic heterocycles. The molecular weight excluding hydrogens is 400 g/mol. The molecule has 1 aliphatic carbocycles. The Kier molecular flexibility index (Phi) is 6.73. The van der Waals surface area contributed by atoms with E-state index in [1.54, 1.807) is 0 Å². The first-order valence-corrected chi connectivity index (χ1v) is 11.3. The summed E-state index contributed by atoms with van der Waals surface area (Å²) in [6.07, 6.45) is 4.21. The predicted octanol–water partition coefficient (Wildman–Crippen LogP) is 4.80. The van der Waals surface area contributed by atoms with Crippen LogP contribution in [0.4, 0.5) is 22.2 Å². The molecule has 3 aromatic rings. The van der Waals surface area contributed by atoms with E-state index in [-0.39, 0.29) is 6.03 Å². The molecule has 7 nitrogen and oxygen atoms in total. The molecule has 1 aliphatic rings. The zero-order valence-electron chi connectivity index (χ0n) is 19.1. The van der Waals surface area contributed by atoms with Crippen LogP contribution in [0.1, 0.15) is 31.2 Å². The molecule has 1 fully saturated rings. The maximum Gasteiger partial charge on any atom is 0.319 e. The van der Waals surface area contributed by atoms with Crippen molar-refractivity contribution in [2.24, 2.45) is 5.92 Å². The van der Waals surface area contributed by atoms with E-state index in [9.17, 15) is 4.79 Å². The number of urea groups is 1. The highest BCUT2D eigenvalue weighted by atomic mass is 16.2. The van der Waals surface area contributed by atoms with Gasteiger partial charge in [-0.15, -0.1) is 0 Å². The summed E-state index contributed by atoms with van der Waals surface area (Å²) in [7, 11) is 4.01. The zero-order chi connectivity index (χ0) is 22.5. The Labute approximate surface area is 189 Å². The number of benzene rings is 2. The highest BCUT2D eigenvalue weighted by Crippen LogP contribution is 2.28. The summed E-state index contributed by atoms with van der Waals surface area (Å²) in [5.74, 6) is 2.10. The lowest BCUT2D eigenvalue weighted by Crippen LogP contribution is -2.36. The Hall–Kier alpha value is -3.35. The van der Waals surface area contributed by atoms with Crippen molar-refractivity contribution in [3.8, 4) is 0 Å². The third-order valence-electron chi connectivity index (χ3n) is 6.13. The lowest BCUT2D eigenvalue weighted by atomic mass is 9.86. The van der Waals surface area contributed by atoms with Crippen LogP contribution < -0.4 is 20.9 Å². The number of hydrogen-bond acceptors (Lipinski definition) is 5. The first kappa shape index (κ1) is 21.9. The number of amides is 2. The number of nitrogens with zero attached hydrogens (tertiary/aromatic N) is 3. The second kappa shape index (κ2) is 9.85. The smallest absolute Gasteiger partial charge is 0.319 e. The number of carbonyl (C=O) groups is 1. The Morgan fingerprint density at radius 3 is 2.47 bits per heavy atom. The number of fused-ring (bicyclic) bond motifs is 1. The molecule has 2 aromatic carbocycles. The second-order valence-electron chi connectivity index (χ2n) is 8.79. The van der Waals surface area contributed by atoms with Crippen LogP contribution in [-0.4, -0.2) is 42.7 Å². The number of anilines is 3. The van der Waals surface area contributed by atoms with E-state index in [2.05, 4.69) is 22.0 Å². The van der Waals surface area contributed by atoms with Crippen molar-refractivity contribution in [3.05, 3.63) is 54.1 Å². The first-order chi connectivity index (χ1) is 15.5. The molecule has 0 spiro atoms. The van der Waals surface area contributed by atoms with Gasteiger partial charge in [0.15, 0.2) is 0 Å². The van der Waals surface area contributed by atoms with Gasteiger partial charge in [0.05, 0.1) is 5.52 Å².